The molecule has 1 aliphatic rings. The number of nitrogens with zero attached hydrogens (tertiary/aromatic N) is 4. The van der Waals surface area contributed by atoms with Gasteiger partial charge in [-0.25, -0.2) is 0 Å². The summed E-state index contributed by atoms with van der Waals surface area (Å²) < 4.78 is 7.56. The molecule has 1 N–H and O–H groups in total. The Kier molecular flexibility index (Phi) is 6.07. The Hall–Kier alpha value is -2.94. The minimum atomic E-state index is -0.118. The summed E-state index contributed by atoms with van der Waals surface area (Å²) >= 11 is 1.39. The zero-order chi connectivity index (χ0) is 21.9. The maximum atomic E-state index is 13.2. The van der Waals surface area contributed by atoms with Gasteiger partial charge in [0.15, 0.2) is 5.16 Å². The van der Waals surface area contributed by atoms with Crippen LogP contribution in [-0.2, 0) is 17.8 Å². The van der Waals surface area contributed by atoms with Gasteiger partial charge in [0.05, 0.1) is 24.7 Å². The Bertz CT molecular complexity index is 1280. The largest absolute Gasteiger partial charge is 0.379 e. The summed E-state index contributed by atoms with van der Waals surface area (Å²) in [6.45, 7) is 6.82. The summed E-state index contributed by atoms with van der Waals surface area (Å²) in [5.74, 6) is 0.912. The highest BCUT2D eigenvalue weighted by Gasteiger charge is 2.21. The molecule has 32 heavy (non-hydrogen) atoms. The molecule has 5 rings (SSSR count). The molecule has 0 bridgehead atoms. The van der Waals surface area contributed by atoms with Crippen LogP contribution in [0.5, 0.6) is 0 Å². The molecule has 7 nitrogen and oxygen atoms in total. The second-order valence-electron chi connectivity index (χ2n) is 7.70. The van der Waals surface area contributed by atoms with Crippen molar-refractivity contribution in [2.75, 3.05) is 26.3 Å². The van der Waals surface area contributed by atoms with E-state index in [0.29, 0.717) is 4.90 Å². The van der Waals surface area contributed by atoms with Crippen LogP contribution in [-0.4, -0.2) is 51.0 Å². The van der Waals surface area contributed by atoms with Crippen molar-refractivity contribution in [1.29, 1.82) is 0 Å². The van der Waals surface area contributed by atoms with Crippen LogP contribution in [0, 0.1) is 0 Å². The maximum absolute atomic E-state index is 13.2. The van der Waals surface area contributed by atoms with Crippen molar-refractivity contribution in [3.05, 3.63) is 70.8 Å². The van der Waals surface area contributed by atoms with Crippen molar-refractivity contribution in [3.8, 4) is 11.1 Å². The maximum Gasteiger partial charge on any atom is 0.263 e. The zero-order valence-corrected chi connectivity index (χ0v) is 18.8. The number of fused-ring (bicyclic) bond motifs is 1. The van der Waals surface area contributed by atoms with Gasteiger partial charge in [-0.3, -0.25) is 9.69 Å². The first-order valence-corrected chi connectivity index (χ1v) is 11.7. The molecule has 164 valence electrons. The monoisotopic (exact) mass is 447 g/mol. The van der Waals surface area contributed by atoms with Gasteiger partial charge in [-0.1, -0.05) is 48.5 Å². The molecule has 3 heterocycles. The second kappa shape index (κ2) is 9.28. The van der Waals surface area contributed by atoms with Crippen LogP contribution in [0.25, 0.3) is 22.0 Å². The number of ether oxygens (including phenoxy) is 1. The van der Waals surface area contributed by atoms with Gasteiger partial charge in [0, 0.05) is 36.1 Å². The van der Waals surface area contributed by atoms with Crippen LogP contribution in [0.2, 0.25) is 0 Å². The molecular formula is C24H25N5O2S. The Morgan fingerprint density at radius 3 is 2.56 bits per heavy atom. The molecule has 1 fully saturated rings. The molecule has 0 unspecified atom stereocenters. The normalized spacial score (nSPS) is 14.8. The second-order valence-corrected chi connectivity index (χ2v) is 8.68. The third kappa shape index (κ3) is 4.09. The summed E-state index contributed by atoms with van der Waals surface area (Å²) in [6, 6.07) is 18.0. The number of benzene rings is 2. The first kappa shape index (κ1) is 20.9. The van der Waals surface area contributed by atoms with Gasteiger partial charge in [-0.15, -0.1) is 10.2 Å². The number of para-hydroxylation sites is 1. The molecule has 0 atom stereocenters. The highest BCUT2D eigenvalue weighted by molar-refractivity contribution is 7.99. The van der Waals surface area contributed by atoms with Crippen LogP contribution < -0.4 is 5.56 Å². The molecule has 0 saturated carbocycles. The number of pyridine rings is 1. The minimum absolute atomic E-state index is 0.118. The number of hydrogen-bond acceptors (Lipinski definition) is 6. The van der Waals surface area contributed by atoms with E-state index in [4.69, 9.17) is 4.74 Å². The van der Waals surface area contributed by atoms with Crippen molar-refractivity contribution in [1.82, 2.24) is 24.6 Å². The molecule has 1 saturated heterocycles. The number of hydrogen-bond donors (Lipinski definition) is 1. The van der Waals surface area contributed by atoms with Gasteiger partial charge in [0.2, 0.25) is 0 Å². The highest BCUT2D eigenvalue weighted by Crippen LogP contribution is 2.37. The Balaban J connectivity index is 1.57. The fourth-order valence-electron chi connectivity index (χ4n) is 4.09. The van der Waals surface area contributed by atoms with Crippen molar-refractivity contribution < 1.29 is 4.74 Å². The lowest BCUT2D eigenvalue weighted by molar-refractivity contribution is 0.0325. The van der Waals surface area contributed by atoms with Crippen molar-refractivity contribution in [3.63, 3.8) is 0 Å². The Labute approximate surface area is 190 Å². The highest BCUT2D eigenvalue weighted by atomic mass is 32.2. The summed E-state index contributed by atoms with van der Waals surface area (Å²) in [6.07, 6.45) is 0. The Morgan fingerprint density at radius 1 is 1.03 bits per heavy atom. The predicted molar refractivity (Wildman–Crippen MR) is 126 cm³/mol. The SMILES string of the molecule is CCn1c(CN2CCOCC2)nnc1Sc1c(-c2ccccc2)c2ccccc2[nH]c1=O. The van der Waals surface area contributed by atoms with Crippen LogP contribution >= 0.6 is 11.8 Å². The molecule has 1 aliphatic heterocycles. The summed E-state index contributed by atoms with van der Waals surface area (Å²) in [5, 5.41) is 10.7. The summed E-state index contributed by atoms with van der Waals surface area (Å²) in [4.78, 5) is 19.2. The lowest BCUT2D eigenvalue weighted by Crippen LogP contribution is -2.36. The van der Waals surface area contributed by atoms with E-state index in [9.17, 15) is 4.79 Å². The summed E-state index contributed by atoms with van der Waals surface area (Å²) in [5.41, 5.74) is 2.64. The summed E-state index contributed by atoms with van der Waals surface area (Å²) in [7, 11) is 0. The van der Waals surface area contributed by atoms with E-state index >= 15 is 0 Å². The van der Waals surface area contributed by atoms with E-state index in [1.807, 2.05) is 54.6 Å². The van der Waals surface area contributed by atoms with Gasteiger partial charge < -0.3 is 14.3 Å². The van der Waals surface area contributed by atoms with Gasteiger partial charge in [0.25, 0.3) is 5.56 Å². The van der Waals surface area contributed by atoms with Crippen LogP contribution in [0.15, 0.2) is 69.4 Å². The van der Waals surface area contributed by atoms with E-state index in [1.165, 1.54) is 11.8 Å². The zero-order valence-electron chi connectivity index (χ0n) is 18.0. The average molecular weight is 448 g/mol. The van der Waals surface area contributed by atoms with Crippen molar-refractivity contribution in [2.45, 2.75) is 30.1 Å². The van der Waals surface area contributed by atoms with E-state index in [0.717, 1.165) is 72.4 Å². The fourth-order valence-corrected chi connectivity index (χ4v) is 5.18. The van der Waals surface area contributed by atoms with E-state index < -0.39 is 0 Å². The van der Waals surface area contributed by atoms with Crippen molar-refractivity contribution >= 4 is 22.7 Å². The molecule has 0 amide bonds. The van der Waals surface area contributed by atoms with Gasteiger partial charge in [-0.2, -0.15) is 0 Å². The van der Waals surface area contributed by atoms with E-state index in [1.54, 1.807) is 0 Å². The number of rotatable bonds is 6. The lowest BCUT2D eigenvalue weighted by Gasteiger charge is -2.26. The number of aromatic amines is 1. The molecule has 0 radical (unpaired) electrons. The van der Waals surface area contributed by atoms with Crippen LogP contribution in [0.1, 0.15) is 12.7 Å². The fraction of sp³-hybridized carbons (Fsp3) is 0.292. The topological polar surface area (TPSA) is 76.0 Å². The van der Waals surface area contributed by atoms with Gasteiger partial charge in [-0.05, 0) is 30.3 Å². The van der Waals surface area contributed by atoms with E-state index in [-0.39, 0.29) is 5.56 Å². The molecular weight excluding hydrogens is 422 g/mol. The number of aromatic nitrogens is 4. The van der Waals surface area contributed by atoms with Crippen LogP contribution in [0.4, 0.5) is 0 Å². The smallest absolute Gasteiger partial charge is 0.263 e. The molecule has 0 aliphatic carbocycles. The van der Waals surface area contributed by atoms with Crippen LogP contribution in [0.3, 0.4) is 0 Å². The standard InChI is InChI=1S/C24H25N5O2S/c1-2-29-20(16-28-12-14-31-15-13-28)26-27-24(29)32-22-21(17-8-4-3-5-9-17)18-10-6-7-11-19(18)25-23(22)30/h3-11H,2,12-16H2,1H3,(H,25,30). The lowest BCUT2D eigenvalue weighted by atomic mass is 10.0. The number of morpholine rings is 1. The van der Waals surface area contributed by atoms with Gasteiger partial charge >= 0.3 is 0 Å². The first-order chi connectivity index (χ1) is 15.7. The molecule has 4 aromatic rings. The van der Waals surface area contributed by atoms with Crippen molar-refractivity contribution in [2.24, 2.45) is 0 Å². The minimum Gasteiger partial charge on any atom is -0.379 e. The third-order valence-electron chi connectivity index (χ3n) is 5.71. The van der Waals surface area contributed by atoms with Gasteiger partial charge in [0.1, 0.15) is 5.82 Å². The third-order valence-corrected chi connectivity index (χ3v) is 6.79. The van der Waals surface area contributed by atoms with E-state index in [2.05, 4.69) is 31.6 Å². The molecule has 2 aromatic heterocycles. The molecule has 0 spiro atoms. The molecule has 8 heteroatoms. The molecule has 2 aromatic carbocycles. The first-order valence-electron chi connectivity index (χ1n) is 10.8. The number of nitrogens with one attached hydrogen (secondary N) is 1. The number of H-pyrrole nitrogens is 1. The average Bonchev–Trinajstić information content (AvgIpc) is 3.21. The predicted octanol–water partition coefficient (Wildman–Crippen LogP) is 3.79. The quantitative estimate of drug-likeness (QED) is 0.485. The Morgan fingerprint density at radius 2 is 1.78 bits per heavy atom.